The molecule has 1 aliphatic carbocycles. The Morgan fingerprint density at radius 2 is 2.18 bits per heavy atom. The molecule has 0 unspecified atom stereocenters. The molecule has 0 radical (unpaired) electrons. The number of nitrogens with zero attached hydrogens (tertiary/aromatic N) is 2. The molecule has 2 atom stereocenters. The van der Waals surface area contributed by atoms with Gasteiger partial charge in [0.2, 0.25) is 11.8 Å². The molecule has 2 fully saturated rings. The Morgan fingerprint density at radius 1 is 1.43 bits per heavy atom. The third-order valence-electron chi connectivity index (χ3n) is 5.92. The number of hydrogen-bond acceptors (Lipinski definition) is 6. The molecule has 2 aliphatic rings. The standard InChI is InChI=1S/C20H29N3O4S/c1-3-4-5-14(8-17(25)22-27)19(26)23-12-20(6-7-20)10-15(23)16(24)9-18-21-13(2)11-28-18/h11,14-15,27H,3-10,12H2,1-2H3,(H,22,25)/t14-,15+/m1/s1. The zero-order valence-electron chi connectivity index (χ0n) is 16.6. The second kappa shape index (κ2) is 8.69. The van der Waals surface area contributed by atoms with E-state index in [-0.39, 0.29) is 29.9 Å². The second-order valence-corrected chi connectivity index (χ2v) is 9.23. The van der Waals surface area contributed by atoms with Crippen molar-refractivity contribution in [2.75, 3.05) is 6.54 Å². The summed E-state index contributed by atoms with van der Waals surface area (Å²) in [5.41, 5.74) is 2.62. The smallest absolute Gasteiger partial charge is 0.244 e. The van der Waals surface area contributed by atoms with Crippen molar-refractivity contribution in [2.24, 2.45) is 11.3 Å². The summed E-state index contributed by atoms with van der Waals surface area (Å²) in [6, 6.07) is -0.430. The number of rotatable bonds is 9. The summed E-state index contributed by atoms with van der Waals surface area (Å²) in [7, 11) is 0. The molecule has 1 saturated carbocycles. The van der Waals surface area contributed by atoms with E-state index in [1.54, 1.807) is 10.4 Å². The fourth-order valence-electron chi connectivity index (χ4n) is 4.13. The fraction of sp³-hybridized carbons (Fsp3) is 0.700. The van der Waals surface area contributed by atoms with Gasteiger partial charge in [-0.05, 0) is 38.0 Å². The van der Waals surface area contributed by atoms with E-state index in [9.17, 15) is 14.4 Å². The summed E-state index contributed by atoms with van der Waals surface area (Å²) in [6.45, 7) is 4.53. The normalized spacial score (nSPS) is 21.0. The van der Waals surface area contributed by atoms with Crippen LogP contribution in [-0.2, 0) is 20.8 Å². The predicted octanol–water partition coefficient (Wildman–Crippen LogP) is 2.65. The van der Waals surface area contributed by atoms with Crippen molar-refractivity contribution in [2.45, 2.75) is 71.3 Å². The molecule has 28 heavy (non-hydrogen) atoms. The van der Waals surface area contributed by atoms with Gasteiger partial charge in [0, 0.05) is 30.0 Å². The first-order chi connectivity index (χ1) is 13.4. The molecular weight excluding hydrogens is 378 g/mol. The number of carbonyl (C=O) groups excluding carboxylic acids is 3. The lowest BCUT2D eigenvalue weighted by Crippen LogP contribution is -2.45. The topological polar surface area (TPSA) is 99.6 Å². The molecule has 1 saturated heterocycles. The lowest BCUT2D eigenvalue weighted by Gasteiger charge is -2.28. The van der Waals surface area contributed by atoms with Gasteiger partial charge in [-0.15, -0.1) is 11.3 Å². The Labute approximate surface area is 169 Å². The van der Waals surface area contributed by atoms with Crippen molar-refractivity contribution in [3.8, 4) is 0 Å². The largest absolute Gasteiger partial charge is 0.332 e. The zero-order valence-corrected chi connectivity index (χ0v) is 17.4. The summed E-state index contributed by atoms with van der Waals surface area (Å²) in [6.07, 6.45) is 5.34. The van der Waals surface area contributed by atoms with Gasteiger partial charge in [-0.2, -0.15) is 0 Å². The molecule has 2 N–H and O–H groups in total. The van der Waals surface area contributed by atoms with Gasteiger partial charge in [-0.1, -0.05) is 19.8 Å². The summed E-state index contributed by atoms with van der Waals surface area (Å²) >= 11 is 1.47. The van der Waals surface area contributed by atoms with E-state index in [0.29, 0.717) is 19.4 Å². The number of Topliss-reactive ketones (excluding diaryl/α,β-unsaturated/α-hetero) is 1. The number of unbranched alkanes of at least 4 members (excludes halogenated alkanes) is 1. The van der Waals surface area contributed by atoms with E-state index in [4.69, 9.17) is 5.21 Å². The van der Waals surface area contributed by atoms with Gasteiger partial charge >= 0.3 is 0 Å². The molecule has 1 aromatic rings. The zero-order chi connectivity index (χ0) is 20.3. The summed E-state index contributed by atoms with van der Waals surface area (Å²) < 4.78 is 0. The van der Waals surface area contributed by atoms with E-state index in [0.717, 1.165) is 36.4 Å². The minimum absolute atomic E-state index is 0.0346. The third kappa shape index (κ3) is 4.78. The van der Waals surface area contributed by atoms with Crippen LogP contribution in [0.1, 0.15) is 62.6 Å². The number of hydroxylamine groups is 1. The van der Waals surface area contributed by atoms with E-state index >= 15 is 0 Å². The van der Waals surface area contributed by atoms with Crippen molar-refractivity contribution in [3.63, 3.8) is 0 Å². The van der Waals surface area contributed by atoms with Crippen LogP contribution in [0.3, 0.4) is 0 Å². The second-order valence-electron chi connectivity index (χ2n) is 8.29. The molecule has 1 aliphatic heterocycles. The lowest BCUT2D eigenvalue weighted by molar-refractivity contribution is -0.144. The van der Waals surface area contributed by atoms with Crippen molar-refractivity contribution in [3.05, 3.63) is 16.1 Å². The van der Waals surface area contributed by atoms with Gasteiger partial charge in [-0.25, -0.2) is 10.5 Å². The number of aryl methyl sites for hydroxylation is 1. The molecule has 7 nitrogen and oxygen atoms in total. The molecule has 1 spiro atoms. The molecule has 0 bridgehead atoms. The number of ketones is 1. The molecular formula is C20H29N3O4S. The first-order valence-electron chi connectivity index (χ1n) is 10.0. The lowest BCUT2D eigenvalue weighted by atomic mass is 9.95. The van der Waals surface area contributed by atoms with Crippen LogP contribution in [0.2, 0.25) is 0 Å². The number of amides is 2. The highest BCUT2D eigenvalue weighted by atomic mass is 32.1. The number of hydrogen-bond donors (Lipinski definition) is 2. The van der Waals surface area contributed by atoms with Crippen LogP contribution in [0.15, 0.2) is 5.38 Å². The monoisotopic (exact) mass is 407 g/mol. The van der Waals surface area contributed by atoms with Crippen molar-refractivity contribution in [1.29, 1.82) is 0 Å². The average Bonchev–Trinajstić information content (AvgIpc) is 3.12. The average molecular weight is 408 g/mol. The maximum absolute atomic E-state index is 13.3. The molecule has 2 heterocycles. The molecule has 154 valence electrons. The van der Waals surface area contributed by atoms with Gasteiger partial charge in [0.1, 0.15) is 5.01 Å². The van der Waals surface area contributed by atoms with Crippen LogP contribution < -0.4 is 5.48 Å². The third-order valence-corrected chi connectivity index (χ3v) is 6.89. The quantitative estimate of drug-likeness (QED) is 0.484. The molecule has 3 rings (SSSR count). The van der Waals surface area contributed by atoms with Gasteiger partial charge in [0.15, 0.2) is 5.78 Å². The van der Waals surface area contributed by atoms with Crippen LogP contribution in [-0.4, -0.2) is 45.3 Å². The summed E-state index contributed by atoms with van der Waals surface area (Å²) in [5, 5.41) is 11.6. The maximum Gasteiger partial charge on any atom is 0.244 e. The van der Waals surface area contributed by atoms with Crippen LogP contribution in [0, 0.1) is 18.3 Å². The Balaban J connectivity index is 1.74. The van der Waals surface area contributed by atoms with Crippen molar-refractivity contribution in [1.82, 2.24) is 15.4 Å². The minimum atomic E-state index is -0.559. The number of thiazole rings is 1. The fourth-order valence-corrected chi connectivity index (χ4v) is 4.91. The number of likely N-dealkylation sites (tertiary alicyclic amines) is 1. The Kier molecular flexibility index (Phi) is 6.50. The Bertz CT molecular complexity index is 744. The van der Waals surface area contributed by atoms with Crippen LogP contribution in [0.5, 0.6) is 0 Å². The highest BCUT2D eigenvalue weighted by molar-refractivity contribution is 7.09. The van der Waals surface area contributed by atoms with Gasteiger partial charge in [0.05, 0.1) is 12.5 Å². The Morgan fingerprint density at radius 3 is 2.75 bits per heavy atom. The summed E-state index contributed by atoms with van der Waals surface area (Å²) in [4.78, 5) is 44.1. The van der Waals surface area contributed by atoms with E-state index in [1.807, 2.05) is 19.2 Å². The number of carbonyl (C=O) groups is 3. The maximum atomic E-state index is 13.3. The van der Waals surface area contributed by atoms with Crippen LogP contribution in [0.4, 0.5) is 0 Å². The van der Waals surface area contributed by atoms with Crippen LogP contribution >= 0.6 is 11.3 Å². The minimum Gasteiger partial charge on any atom is -0.332 e. The summed E-state index contributed by atoms with van der Waals surface area (Å²) in [5.74, 6) is -1.16. The number of aromatic nitrogens is 1. The molecule has 2 amide bonds. The molecule has 1 aromatic heterocycles. The van der Waals surface area contributed by atoms with E-state index in [1.165, 1.54) is 11.3 Å². The number of nitrogens with one attached hydrogen (secondary N) is 1. The predicted molar refractivity (Wildman–Crippen MR) is 105 cm³/mol. The van der Waals surface area contributed by atoms with E-state index < -0.39 is 17.9 Å². The first-order valence-corrected chi connectivity index (χ1v) is 10.9. The molecule has 8 heteroatoms. The van der Waals surface area contributed by atoms with Gasteiger partial charge in [-0.3, -0.25) is 19.6 Å². The van der Waals surface area contributed by atoms with Crippen molar-refractivity contribution >= 4 is 28.9 Å². The molecule has 0 aromatic carbocycles. The first kappa shape index (κ1) is 20.9. The van der Waals surface area contributed by atoms with Gasteiger partial charge in [0.25, 0.3) is 0 Å². The highest BCUT2D eigenvalue weighted by Gasteiger charge is 2.55. The highest BCUT2D eigenvalue weighted by Crippen LogP contribution is 2.55. The Hall–Kier alpha value is -1.80. The van der Waals surface area contributed by atoms with Crippen LogP contribution in [0.25, 0.3) is 0 Å². The van der Waals surface area contributed by atoms with E-state index in [2.05, 4.69) is 4.98 Å². The SMILES string of the molecule is CCCC[C@H](CC(=O)NO)C(=O)N1CC2(CC2)C[C@H]1C(=O)Cc1nc(C)cs1. The van der Waals surface area contributed by atoms with Crippen molar-refractivity contribution < 1.29 is 19.6 Å². The van der Waals surface area contributed by atoms with Gasteiger partial charge < -0.3 is 4.90 Å².